The van der Waals surface area contributed by atoms with Crippen molar-refractivity contribution < 1.29 is 22.7 Å². The van der Waals surface area contributed by atoms with E-state index < -0.39 is 28.5 Å². The van der Waals surface area contributed by atoms with Crippen LogP contribution in [0.25, 0.3) is 0 Å². The lowest BCUT2D eigenvalue weighted by Gasteiger charge is -2.15. The van der Waals surface area contributed by atoms with Crippen molar-refractivity contribution >= 4 is 21.9 Å². The van der Waals surface area contributed by atoms with Crippen molar-refractivity contribution in [2.24, 2.45) is 0 Å². The van der Waals surface area contributed by atoms with Crippen LogP contribution in [0.4, 0.5) is 0 Å². The molecule has 0 unspecified atom stereocenters. The molecule has 0 spiro atoms. The van der Waals surface area contributed by atoms with Gasteiger partial charge in [0.05, 0.1) is 16.5 Å². The van der Waals surface area contributed by atoms with Gasteiger partial charge in [-0.2, -0.15) is 0 Å². The molecule has 0 bridgehead atoms. The lowest BCUT2D eigenvalue weighted by atomic mass is 10.1. The summed E-state index contributed by atoms with van der Waals surface area (Å²) in [6.07, 6.45) is 0.939. The number of hydrogen-bond acceptors (Lipinski definition) is 5. The number of nitrogens with zero attached hydrogens (tertiary/aromatic N) is 1. The van der Waals surface area contributed by atoms with Gasteiger partial charge in [0.2, 0.25) is 10.0 Å². The zero-order valence-corrected chi connectivity index (χ0v) is 17.8. The number of amides is 1. The van der Waals surface area contributed by atoms with Crippen LogP contribution in [0, 0.1) is 0 Å². The summed E-state index contributed by atoms with van der Waals surface area (Å²) >= 11 is 0. The number of carbonyl (C=O) groups excluding carboxylic acids is 2. The quantitative estimate of drug-likeness (QED) is 0.665. The second-order valence-electron chi connectivity index (χ2n) is 6.78. The summed E-state index contributed by atoms with van der Waals surface area (Å²) < 4.78 is 30.4. The van der Waals surface area contributed by atoms with Gasteiger partial charge in [-0.1, -0.05) is 37.3 Å². The first-order chi connectivity index (χ1) is 13.6. The van der Waals surface area contributed by atoms with Gasteiger partial charge in [-0.3, -0.25) is 4.79 Å². The van der Waals surface area contributed by atoms with Crippen LogP contribution in [-0.2, 0) is 26.0 Å². The zero-order chi connectivity index (χ0) is 21.6. The summed E-state index contributed by atoms with van der Waals surface area (Å²) in [6, 6.07) is 13.2. The van der Waals surface area contributed by atoms with E-state index in [0.717, 1.165) is 16.3 Å². The molecule has 0 fully saturated rings. The SMILES string of the molecule is CCc1ccc([C@H](C)NC(=O)COC(=O)c2cccc(S(=O)(=O)N(C)C)c2)cc1. The van der Waals surface area contributed by atoms with Crippen LogP contribution < -0.4 is 5.32 Å². The molecule has 2 aromatic carbocycles. The van der Waals surface area contributed by atoms with Crippen molar-refractivity contribution in [3.63, 3.8) is 0 Å². The monoisotopic (exact) mass is 418 g/mol. The Morgan fingerprint density at radius 3 is 2.34 bits per heavy atom. The highest BCUT2D eigenvalue weighted by molar-refractivity contribution is 7.89. The molecular weight excluding hydrogens is 392 g/mol. The highest BCUT2D eigenvalue weighted by Gasteiger charge is 2.20. The van der Waals surface area contributed by atoms with Crippen molar-refractivity contribution in [3.8, 4) is 0 Å². The van der Waals surface area contributed by atoms with Gasteiger partial charge in [-0.15, -0.1) is 0 Å². The van der Waals surface area contributed by atoms with E-state index in [1.807, 2.05) is 31.2 Å². The predicted octanol–water partition coefficient (Wildman–Crippen LogP) is 2.53. The standard InChI is InChI=1S/C21H26N2O5S/c1-5-16-9-11-17(12-10-16)15(2)22-20(24)14-28-21(25)18-7-6-8-19(13-18)29(26,27)23(3)4/h6-13,15H,5,14H2,1-4H3,(H,22,24)/t15-/m0/s1. The van der Waals surface area contributed by atoms with E-state index in [2.05, 4.69) is 12.2 Å². The molecule has 1 N–H and O–H groups in total. The minimum absolute atomic E-state index is 0.0226. The fourth-order valence-corrected chi connectivity index (χ4v) is 3.57. The highest BCUT2D eigenvalue weighted by atomic mass is 32.2. The minimum atomic E-state index is -3.67. The predicted molar refractivity (Wildman–Crippen MR) is 110 cm³/mol. The number of aryl methyl sites for hydroxylation is 1. The molecule has 0 saturated heterocycles. The van der Waals surface area contributed by atoms with Crippen LogP contribution in [-0.4, -0.2) is 45.3 Å². The molecule has 0 aliphatic rings. The fourth-order valence-electron chi connectivity index (χ4n) is 2.62. The van der Waals surface area contributed by atoms with Crippen molar-refractivity contribution in [1.29, 1.82) is 0 Å². The van der Waals surface area contributed by atoms with Crippen molar-refractivity contribution in [3.05, 3.63) is 65.2 Å². The van der Waals surface area contributed by atoms with Crippen LogP contribution in [0.3, 0.4) is 0 Å². The molecule has 0 saturated carbocycles. The van der Waals surface area contributed by atoms with Crippen LogP contribution in [0.5, 0.6) is 0 Å². The maximum atomic E-state index is 12.2. The summed E-state index contributed by atoms with van der Waals surface area (Å²) in [5.41, 5.74) is 2.21. The minimum Gasteiger partial charge on any atom is -0.452 e. The van der Waals surface area contributed by atoms with Crippen LogP contribution >= 0.6 is 0 Å². The Balaban J connectivity index is 1.95. The van der Waals surface area contributed by atoms with Crippen molar-refractivity contribution in [1.82, 2.24) is 9.62 Å². The number of ether oxygens (including phenoxy) is 1. The Morgan fingerprint density at radius 2 is 1.76 bits per heavy atom. The van der Waals surface area contributed by atoms with Gasteiger partial charge in [0.1, 0.15) is 0 Å². The summed E-state index contributed by atoms with van der Waals surface area (Å²) in [6.45, 7) is 3.46. The van der Waals surface area contributed by atoms with Gasteiger partial charge in [-0.25, -0.2) is 17.5 Å². The Kier molecular flexibility index (Phi) is 7.53. The van der Waals surface area contributed by atoms with Crippen LogP contribution in [0.15, 0.2) is 53.4 Å². The topological polar surface area (TPSA) is 92.8 Å². The number of carbonyl (C=O) groups is 2. The average molecular weight is 419 g/mol. The summed E-state index contributed by atoms with van der Waals surface area (Å²) in [5.74, 6) is -1.21. The van der Waals surface area contributed by atoms with Gasteiger partial charge in [0.15, 0.2) is 6.61 Å². The average Bonchev–Trinajstić information content (AvgIpc) is 2.72. The zero-order valence-electron chi connectivity index (χ0n) is 17.0. The Morgan fingerprint density at radius 1 is 1.10 bits per heavy atom. The Hall–Kier alpha value is -2.71. The lowest BCUT2D eigenvalue weighted by molar-refractivity contribution is -0.124. The molecule has 0 aromatic heterocycles. The number of sulfonamides is 1. The van der Waals surface area contributed by atoms with E-state index in [1.54, 1.807) is 0 Å². The molecule has 0 radical (unpaired) electrons. The molecule has 7 nitrogen and oxygen atoms in total. The third-order valence-electron chi connectivity index (χ3n) is 4.45. The van der Waals surface area contributed by atoms with Gasteiger partial charge in [-0.05, 0) is 42.7 Å². The van der Waals surface area contributed by atoms with Crippen molar-refractivity contribution in [2.45, 2.75) is 31.2 Å². The van der Waals surface area contributed by atoms with Gasteiger partial charge in [0.25, 0.3) is 5.91 Å². The van der Waals surface area contributed by atoms with E-state index in [0.29, 0.717) is 0 Å². The Labute approximate surface area is 171 Å². The third kappa shape index (κ3) is 5.88. The molecule has 2 aromatic rings. The molecule has 156 valence electrons. The molecular formula is C21H26N2O5S. The normalized spacial score (nSPS) is 12.4. The second-order valence-corrected chi connectivity index (χ2v) is 8.93. The summed E-state index contributed by atoms with van der Waals surface area (Å²) in [5, 5.41) is 2.77. The van der Waals surface area contributed by atoms with Gasteiger partial charge < -0.3 is 10.1 Å². The number of esters is 1. The molecule has 0 aliphatic heterocycles. The van der Waals surface area contributed by atoms with E-state index >= 15 is 0 Å². The fraction of sp³-hybridized carbons (Fsp3) is 0.333. The Bertz CT molecular complexity index is 969. The molecule has 2 rings (SSSR count). The number of nitrogens with one attached hydrogen (secondary N) is 1. The van der Waals surface area contributed by atoms with E-state index in [1.165, 1.54) is 43.9 Å². The smallest absolute Gasteiger partial charge is 0.338 e. The van der Waals surface area contributed by atoms with E-state index in [-0.39, 0.29) is 16.5 Å². The van der Waals surface area contributed by atoms with Gasteiger partial charge >= 0.3 is 5.97 Å². The van der Waals surface area contributed by atoms with E-state index in [4.69, 9.17) is 4.74 Å². The number of hydrogen-bond donors (Lipinski definition) is 1. The third-order valence-corrected chi connectivity index (χ3v) is 6.26. The molecule has 29 heavy (non-hydrogen) atoms. The maximum Gasteiger partial charge on any atom is 0.338 e. The molecule has 1 atom stereocenters. The van der Waals surface area contributed by atoms with Crippen LogP contribution in [0.2, 0.25) is 0 Å². The number of benzene rings is 2. The molecule has 8 heteroatoms. The lowest BCUT2D eigenvalue weighted by Crippen LogP contribution is -2.31. The first kappa shape index (κ1) is 22.6. The van der Waals surface area contributed by atoms with Crippen LogP contribution in [0.1, 0.15) is 41.4 Å². The largest absolute Gasteiger partial charge is 0.452 e. The first-order valence-electron chi connectivity index (χ1n) is 9.23. The molecule has 0 heterocycles. The summed E-state index contributed by atoms with van der Waals surface area (Å²) in [4.78, 5) is 24.3. The second kappa shape index (κ2) is 9.67. The molecule has 0 aliphatic carbocycles. The van der Waals surface area contributed by atoms with Gasteiger partial charge in [0, 0.05) is 14.1 Å². The first-order valence-corrected chi connectivity index (χ1v) is 10.7. The van der Waals surface area contributed by atoms with Crippen molar-refractivity contribution in [2.75, 3.05) is 20.7 Å². The molecule has 1 amide bonds. The number of rotatable bonds is 8. The summed E-state index contributed by atoms with van der Waals surface area (Å²) in [7, 11) is -0.861. The maximum absolute atomic E-state index is 12.2. The highest BCUT2D eigenvalue weighted by Crippen LogP contribution is 2.16. The van der Waals surface area contributed by atoms with E-state index in [9.17, 15) is 18.0 Å².